The summed E-state index contributed by atoms with van der Waals surface area (Å²) in [5, 5.41) is 0. The Hall–Kier alpha value is -2.00. The minimum Gasteiger partial charge on any atom is -0.0945 e. The first-order chi connectivity index (χ1) is 13.3. The number of rotatable bonds is 6. The molecule has 0 aliphatic heterocycles. The molecule has 3 rings (SSSR count). The van der Waals surface area contributed by atoms with E-state index in [4.69, 9.17) is 0 Å². The summed E-state index contributed by atoms with van der Waals surface area (Å²) < 4.78 is 0. The van der Waals surface area contributed by atoms with Crippen molar-refractivity contribution < 1.29 is 0 Å². The van der Waals surface area contributed by atoms with Gasteiger partial charge in [0, 0.05) is 11.5 Å². The SMILES string of the molecule is CCCCCc1ccc(C2CCC(C#Cc3ccc(CC)cc3)CC2)cc1. The van der Waals surface area contributed by atoms with Crippen LogP contribution in [0.1, 0.15) is 87.0 Å². The van der Waals surface area contributed by atoms with E-state index in [2.05, 4.69) is 74.2 Å². The molecule has 0 heteroatoms. The van der Waals surface area contributed by atoms with Crippen LogP contribution in [0.2, 0.25) is 0 Å². The normalized spacial score (nSPS) is 19.3. The first-order valence-corrected chi connectivity index (χ1v) is 11.0. The minimum absolute atomic E-state index is 0.570. The van der Waals surface area contributed by atoms with E-state index < -0.39 is 0 Å². The van der Waals surface area contributed by atoms with Crippen molar-refractivity contribution in [3.05, 3.63) is 70.8 Å². The van der Waals surface area contributed by atoms with E-state index in [0.29, 0.717) is 5.92 Å². The lowest BCUT2D eigenvalue weighted by Crippen LogP contribution is -2.12. The van der Waals surface area contributed by atoms with E-state index in [1.165, 1.54) is 68.1 Å². The average molecular weight is 359 g/mol. The summed E-state index contributed by atoms with van der Waals surface area (Å²) in [6.07, 6.45) is 11.3. The van der Waals surface area contributed by atoms with Crippen molar-refractivity contribution >= 4 is 0 Å². The highest BCUT2D eigenvalue weighted by molar-refractivity contribution is 5.36. The second-order valence-electron chi connectivity index (χ2n) is 8.07. The number of hydrogen-bond donors (Lipinski definition) is 0. The fourth-order valence-corrected chi connectivity index (χ4v) is 4.12. The number of unbranched alkanes of at least 4 members (excludes halogenated alkanes) is 2. The maximum absolute atomic E-state index is 3.54. The Labute approximate surface area is 166 Å². The van der Waals surface area contributed by atoms with Gasteiger partial charge >= 0.3 is 0 Å². The molecule has 0 radical (unpaired) electrons. The summed E-state index contributed by atoms with van der Waals surface area (Å²) in [5.41, 5.74) is 5.59. The van der Waals surface area contributed by atoms with E-state index in [0.717, 1.165) is 17.9 Å². The lowest BCUT2D eigenvalue weighted by atomic mass is 9.78. The average Bonchev–Trinajstić information content (AvgIpc) is 2.74. The number of hydrogen-bond acceptors (Lipinski definition) is 0. The van der Waals surface area contributed by atoms with Crippen LogP contribution in [0.5, 0.6) is 0 Å². The van der Waals surface area contributed by atoms with Gasteiger partial charge in [0.15, 0.2) is 0 Å². The van der Waals surface area contributed by atoms with Crippen LogP contribution >= 0.6 is 0 Å². The van der Waals surface area contributed by atoms with Crippen LogP contribution < -0.4 is 0 Å². The van der Waals surface area contributed by atoms with Crippen LogP contribution in [-0.4, -0.2) is 0 Å². The monoisotopic (exact) mass is 358 g/mol. The van der Waals surface area contributed by atoms with E-state index in [9.17, 15) is 0 Å². The molecule has 0 bridgehead atoms. The zero-order chi connectivity index (χ0) is 18.9. The van der Waals surface area contributed by atoms with Crippen LogP contribution in [0.4, 0.5) is 0 Å². The van der Waals surface area contributed by atoms with Crippen LogP contribution in [0, 0.1) is 17.8 Å². The molecule has 0 amide bonds. The molecule has 0 aromatic heterocycles. The highest BCUT2D eigenvalue weighted by atomic mass is 14.2. The lowest BCUT2D eigenvalue weighted by Gasteiger charge is -2.26. The first kappa shape index (κ1) is 19.8. The zero-order valence-corrected chi connectivity index (χ0v) is 17.1. The largest absolute Gasteiger partial charge is 0.0945 e. The van der Waals surface area contributed by atoms with Crippen LogP contribution in [-0.2, 0) is 12.8 Å². The van der Waals surface area contributed by atoms with Crippen LogP contribution in [0.15, 0.2) is 48.5 Å². The summed E-state index contributed by atoms with van der Waals surface area (Å²) in [6.45, 7) is 4.46. The predicted octanol–water partition coefficient (Wildman–Crippen LogP) is 7.31. The molecule has 27 heavy (non-hydrogen) atoms. The quantitative estimate of drug-likeness (QED) is 0.375. The topological polar surface area (TPSA) is 0 Å². The molecule has 0 heterocycles. The maximum atomic E-state index is 3.54. The van der Waals surface area contributed by atoms with Crippen molar-refractivity contribution in [2.75, 3.05) is 0 Å². The van der Waals surface area contributed by atoms with Crippen LogP contribution in [0.25, 0.3) is 0 Å². The summed E-state index contributed by atoms with van der Waals surface area (Å²) in [6, 6.07) is 18.2. The second kappa shape index (κ2) is 10.4. The van der Waals surface area contributed by atoms with Gasteiger partial charge in [-0.15, -0.1) is 0 Å². The Bertz CT molecular complexity index is 731. The van der Waals surface area contributed by atoms with E-state index in [-0.39, 0.29) is 0 Å². The molecule has 0 spiro atoms. The molecule has 1 saturated carbocycles. The predicted molar refractivity (Wildman–Crippen MR) is 117 cm³/mol. The number of benzene rings is 2. The van der Waals surface area contributed by atoms with Gasteiger partial charge in [-0.1, -0.05) is 74.9 Å². The van der Waals surface area contributed by atoms with Gasteiger partial charge in [0.05, 0.1) is 0 Å². The van der Waals surface area contributed by atoms with Crippen molar-refractivity contribution in [1.82, 2.24) is 0 Å². The molecule has 1 aliphatic carbocycles. The first-order valence-electron chi connectivity index (χ1n) is 11.0. The summed E-state index contributed by atoms with van der Waals surface area (Å²) >= 11 is 0. The van der Waals surface area contributed by atoms with Gasteiger partial charge in [0.1, 0.15) is 0 Å². The van der Waals surface area contributed by atoms with Crippen molar-refractivity contribution in [2.24, 2.45) is 5.92 Å². The molecule has 0 unspecified atom stereocenters. The Morgan fingerprint density at radius 3 is 2.07 bits per heavy atom. The smallest absolute Gasteiger partial charge is 0.0245 e. The fourth-order valence-electron chi connectivity index (χ4n) is 4.12. The third-order valence-electron chi connectivity index (χ3n) is 6.03. The van der Waals surface area contributed by atoms with Gasteiger partial charge in [-0.3, -0.25) is 0 Å². The molecular formula is C27H34. The molecule has 0 nitrogen and oxygen atoms in total. The molecule has 0 saturated heterocycles. The van der Waals surface area contributed by atoms with Crippen molar-refractivity contribution in [1.29, 1.82) is 0 Å². The molecule has 2 aromatic rings. The van der Waals surface area contributed by atoms with Gasteiger partial charge < -0.3 is 0 Å². The number of aryl methyl sites for hydroxylation is 2. The standard InChI is InChI=1S/C27H34/c1-3-5-6-7-23-14-18-26(19-15-23)27-20-16-25(17-21-27)13-12-24-10-8-22(4-2)9-11-24/h8-11,14-15,18-19,25,27H,3-7,16-17,20-21H2,1-2H3. The van der Waals surface area contributed by atoms with E-state index in [1.807, 2.05) is 0 Å². The van der Waals surface area contributed by atoms with Gasteiger partial charge in [0.2, 0.25) is 0 Å². The molecule has 0 atom stereocenters. The van der Waals surface area contributed by atoms with Gasteiger partial charge in [-0.2, -0.15) is 0 Å². The molecule has 1 aliphatic rings. The van der Waals surface area contributed by atoms with Gasteiger partial charge in [-0.05, 0) is 79.7 Å². The van der Waals surface area contributed by atoms with Gasteiger partial charge in [0.25, 0.3) is 0 Å². The van der Waals surface area contributed by atoms with Crippen molar-refractivity contribution in [3.63, 3.8) is 0 Å². The lowest BCUT2D eigenvalue weighted by molar-refractivity contribution is 0.384. The molecule has 2 aromatic carbocycles. The second-order valence-corrected chi connectivity index (χ2v) is 8.07. The Balaban J connectivity index is 1.49. The third-order valence-corrected chi connectivity index (χ3v) is 6.03. The summed E-state index contributed by atoms with van der Waals surface area (Å²) in [5.74, 6) is 8.24. The van der Waals surface area contributed by atoms with E-state index >= 15 is 0 Å². The Morgan fingerprint density at radius 1 is 0.778 bits per heavy atom. The summed E-state index contributed by atoms with van der Waals surface area (Å²) in [7, 11) is 0. The highest BCUT2D eigenvalue weighted by Crippen LogP contribution is 2.35. The maximum Gasteiger partial charge on any atom is 0.0245 e. The van der Waals surface area contributed by atoms with Gasteiger partial charge in [-0.25, -0.2) is 0 Å². The molecule has 1 fully saturated rings. The van der Waals surface area contributed by atoms with Crippen molar-refractivity contribution in [2.45, 2.75) is 77.6 Å². The zero-order valence-electron chi connectivity index (χ0n) is 17.1. The Morgan fingerprint density at radius 2 is 1.44 bits per heavy atom. The molecule has 142 valence electrons. The fraction of sp³-hybridized carbons (Fsp3) is 0.481. The Kier molecular flexibility index (Phi) is 7.58. The van der Waals surface area contributed by atoms with Crippen LogP contribution in [0.3, 0.4) is 0 Å². The van der Waals surface area contributed by atoms with Crippen molar-refractivity contribution in [3.8, 4) is 11.8 Å². The molecule has 0 N–H and O–H groups in total. The van der Waals surface area contributed by atoms with E-state index in [1.54, 1.807) is 0 Å². The third kappa shape index (κ3) is 6.00. The minimum atomic E-state index is 0.570. The highest BCUT2D eigenvalue weighted by Gasteiger charge is 2.21. The summed E-state index contributed by atoms with van der Waals surface area (Å²) in [4.78, 5) is 0. The molecular weight excluding hydrogens is 324 g/mol.